The molecule has 0 aliphatic carbocycles. The molecule has 0 aliphatic heterocycles. The second-order valence-corrected chi connectivity index (χ2v) is 8.89. The molecule has 1 amide bonds. The minimum atomic E-state index is -0.206. The van der Waals surface area contributed by atoms with Crippen molar-refractivity contribution in [2.24, 2.45) is 7.05 Å². The zero-order chi connectivity index (χ0) is 24.9. The number of rotatable bonds is 9. The summed E-state index contributed by atoms with van der Waals surface area (Å²) in [5.41, 5.74) is 5.41. The Morgan fingerprint density at radius 2 is 1.77 bits per heavy atom. The van der Waals surface area contributed by atoms with Crippen LogP contribution >= 0.6 is 0 Å². The summed E-state index contributed by atoms with van der Waals surface area (Å²) in [4.78, 5) is 32.2. The molecule has 0 saturated carbocycles. The number of hydrogen-bond donors (Lipinski definition) is 1. The van der Waals surface area contributed by atoms with Crippen LogP contribution in [0.5, 0.6) is 0 Å². The van der Waals surface area contributed by atoms with Gasteiger partial charge in [0.2, 0.25) is 5.91 Å². The maximum absolute atomic E-state index is 13.0. The molecule has 182 valence electrons. The molecular weight excluding hydrogens is 440 g/mol. The minimum Gasteiger partial charge on any atom is -0.375 e. The number of aryl methyl sites for hydroxylation is 4. The highest BCUT2D eigenvalue weighted by molar-refractivity contribution is 5.77. The van der Waals surface area contributed by atoms with Crippen LogP contribution in [0.4, 0.5) is 5.69 Å². The third-order valence-electron chi connectivity index (χ3n) is 6.18. The summed E-state index contributed by atoms with van der Waals surface area (Å²) in [6, 6.07) is 18.1. The number of hydrogen-bond acceptors (Lipinski definition) is 5. The lowest BCUT2D eigenvalue weighted by molar-refractivity contribution is -0.121. The first-order valence-corrected chi connectivity index (χ1v) is 11.9. The van der Waals surface area contributed by atoms with E-state index in [0.29, 0.717) is 23.4 Å². The van der Waals surface area contributed by atoms with Gasteiger partial charge in [0.25, 0.3) is 5.56 Å². The number of aromatic nitrogens is 4. The van der Waals surface area contributed by atoms with Crippen molar-refractivity contribution < 1.29 is 4.79 Å². The number of nitrogens with one attached hydrogen (secondary N) is 1. The van der Waals surface area contributed by atoms with Crippen molar-refractivity contribution >= 4 is 22.8 Å². The number of carbonyl (C=O) groups excluding carboxylic acids is 1. The third-order valence-corrected chi connectivity index (χ3v) is 6.18. The van der Waals surface area contributed by atoms with Crippen molar-refractivity contribution in [3.05, 3.63) is 81.9 Å². The lowest BCUT2D eigenvalue weighted by Gasteiger charge is -2.19. The molecule has 0 fully saturated rings. The summed E-state index contributed by atoms with van der Waals surface area (Å²) < 4.78 is 3.33. The van der Waals surface area contributed by atoms with Crippen LogP contribution in [0.1, 0.15) is 29.8 Å². The Morgan fingerprint density at radius 1 is 1.06 bits per heavy atom. The molecule has 8 heteroatoms. The summed E-state index contributed by atoms with van der Waals surface area (Å²) in [6.07, 6.45) is 1.33. The normalized spacial score (nSPS) is 11.1. The molecule has 8 nitrogen and oxygen atoms in total. The van der Waals surface area contributed by atoms with Crippen molar-refractivity contribution in [1.82, 2.24) is 24.6 Å². The van der Waals surface area contributed by atoms with Crippen molar-refractivity contribution in [3.63, 3.8) is 0 Å². The molecule has 35 heavy (non-hydrogen) atoms. The molecule has 0 atom stereocenters. The molecule has 1 N–H and O–H groups in total. The molecule has 2 aromatic heterocycles. The van der Waals surface area contributed by atoms with Gasteiger partial charge in [-0.25, -0.2) is 9.67 Å². The zero-order valence-corrected chi connectivity index (χ0v) is 20.8. The highest BCUT2D eigenvalue weighted by Gasteiger charge is 2.18. The summed E-state index contributed by atoms with van der Waals surface area (Å²) in [5, 5.41) is 7.58. The van der Waals surface area contributed by atoms with E-state index in [-0.39, 0.29) is 24.3 Å². The molecule has 2 heterocycles. The van der Waals surface area contributed by atoms with Gasteiger partial charge in [0.1, 0.15) is 11.2 Å². The van der Waals surface area contributed by atoms with E-state index in [1.165, 1.54) is 0 Å². The minimum absolute atomic E-state index is 0.0802. The molecule has 0 spiro atoms. The molecule has 0 bridgehead atoms. The van der Waals surface area contributed by atoms with Crippen LogP contribution in [-0.2, 0) is 18.3 Å². The quantitative estimate of drug-likeness (QED) is 0.378. The zero-order valence-electron chi connectivity index (χ0n) is 20.8. The molecule has 0 saturated heterocycles. The van der Waals surface area contributed by atoms with Gasteiger partial charge in [0, 0.05) is 45.7 Å². The lowest BCUT2D eigenvalue weighted by Crippen LogP contribution is -2.30. The van der Waals surface area contributed by atoms with E-state index in [1.54, 1.807) is 16.3 Å². The fourth-order valence-electron chi connectivity index (χ4n) is 4.12. The van der Waals surface area contributed by atoms with Crippen LogP contribution < -0.4 is 15.8 Å². The number of benzene rings is 2. The molecule has 0 unspecified atom stereocenters. The Morgan fingerprint density at radius 3 is 2.49 bits per heavy atom. The van der Waals surface area contributed by atoms with Gasteiger partial charge in [-0.05, 0) is 44.5 Å². The first-order chi connectivity index (χ1) is 16.8. The van der Waals surface area contributed by atoms with Crippen LogP contribution in [-0.4, -0.2) is 45.4 Å². The maximum atomic E-state index is 13.0. The molecule has 4 aromatic rings. The summed E-state index contributed by atoms with van der Waals surface area (Å²) in [7, 11) is 3.77. The fourth-order valence-corrected chi connectivity index (χ4v) is 4.12. The molecule has 0 radical (unpaired) electrons. The van der Waals surface area contributed by atoms with Gasteiger partial charge in [-0.3, -0.25) is 14.2 Å². The number of amides is 1. The van der Waals surface area contributed by atoms with Crippen molar-refractivity contribution in [3.8, 4) is 5.69 Å². The van der Waals surface area contributed by atoms with Gasteiger partial charge in [-0.15, -0.1) is 0 Å². The summed E-state index contributed by atoms with van der Waals surface area (Å²) >= 11 is 0. The third kappa shape index (κ3) is 5.42. The highest BCUT2D eigenvalue weighted by Crippen LogP contribution is 2.19. The Hall–Kier alpha value is -3.94. The predicted octanol–water partition coefficient (Wildman–Crippen LogP) is 3.31. The Balaban J connectivity index is 1.38. The van der Waals surface area contributed by atoms with Crippen LogP contribution in [0.2, 0.25) is 0 Å². The fraction of sp³-hybridized carbons (Fsp3) is 0.333. The smallest absolute Gasteiger partial charge is 0.273 e. The first-order valence-electron chi connectivity index (χ1n) is 11.9. The maximum Gasteiger partial charge on any atom is 0.273 e. The Kier molecular flexibility index (Phi) is 7.29. The summed E-state index contributed by atoms with van der Waals surface area (Å²) in [5.74, 6) is -0.0802. The van der Waals surface area contributed by atoms with Crippen molar-refractivity contribution in [2.45, 2.75) is 33.1 Å². The lowest BCUT2D eigenvalue weighted by atomic mass is 10.2. The molecule has 4 rings (SSSR count). The monoisotopic (exact) mass is 472 g/mol. The van der Waals surface area contributed by atoms with E-state index >= 15 is 0 Å². The van der Waals surface area contributed by atoms with E-state index in [1.807, 2.05) is 63.4 Å². The average Bonchev–Trinajstić information content (AvgIpc) is 3.20. The number of nitrogens with zero attached hydrogens (tertiary/aromatic N) is 5. The van der Waals surface area contributed by atoms with Crippen LogP contribution in [0.25, 0.3) is 16.9 Å². The molecule has 0 aliphatic rings. The average molecular weight is 473 g/mol. The van der Waals surface area contributed by atoms with E-state index in [0.717, 1.165) is 35.6 Å². The highest BCUT2D eigenvalue weighted by atomic mass is 16.1. The van der Waals surface area contributed by atoms with E-state index in [9.17, 15) is 9.59 Å². The van der Waals surface area contributed by atoms with Crippen molar-refractivity contribution in [2.75, 3.05) is 25.0 Å². The Bertz CT molecular complexity index is 1370. The van der Waals surface area contributed by atoms with Gasteiger partial charge >= 0.3 is 0 Å². The second-order valence-electron chi connectivity index (χ2n) is 8.89. The van der Waals surface area contributed by atoms with E-state index in [4.69, 9.17) is 0 Å². The SMILES string of the molecule is Cc1ccc(-n2nc(C)c3nc(CCC(=O)NCCCN(C)c4ccccc4)c(=O)n(C)c32)cc1. The Labute approximate surface area is 205 Å². The van der Waals surface area contributed by atoms with Crippen LogP contribution in [0.15, 0.2) is 59.4 Å². The van der Waals surface area contributed by atoms with E-state index < -0.39 is 0 Å². The molecular formula is C27H32N6O2. The standard InChI is InChI=1S/C27H32N6O2/c1-19-11-13-22(14-12-19)33-26-25(20(2)30-33)29-23(27(35)32(26)4)15-16-24(34)28-17-8-18-31(3)21-9-6-5-7-10-21/h5-7,9-14H,8,15-18H2,1-4H3,(H,28,34). The number of carbonyl (C=O) groups is 1. The van der Waals surface area contributed by atoms with Crippen LogP contribution in [0, 0.1) is 13.8 Å². The largest absolute Gasteiger partial charge is 0.375 e. The topological polar surface area (TPSA) is 85.1 Å². The van der Waals surface area contributed by atoms with Gasteiger partial charge in [-0.1, -0.05) is 35.9 Å². The van der Waals surface area contributed by atoms with Crippen LogP contribution in [0.3, 0.4) is 0 Å². The summed E-state index contributed by atoms with van der Waals surface area (Å²) in [6.45, 7) is 5.34. The van der Waals surface area contributed by atoms with Gasteiger partial charge < -0.3 is 10.2 Å². The van der Waals surface area contributed by atoms with Gasteiger partial charge in [0.15, 0.2) is 5.65 Å². The van der Waals surface area contributed by atoms with Gasteiger partial charge in [0.05, 0.1) is 11.4 Å². The van der Waals surface area contributed by atoms with E-state index in [2.05, 4.69) is 32.4 Å². The number of anilines is 1. The number of para-hydroxylation sites is 1. The predicted molar refractivity (Wildman–Crippen MR) is 139 cm³/mol. The first kappa shape index (κ1) is 24.2. The van der Waals surface area contributed by atoms with Crippen molar-refractivity contribution in [1.29, 1.82) is 0 Å². The van der Waals surface area contributed by atoms with Gasteiger partial charge in [-0.2, -0.15) is 5.10 Å². The number of fused-ring (bicyclic) bond motifs is 1. The molecule has 2 aromatic carbocycles. The second kappa shape index (κ2) is 10.5.